The van der Waals surface area contributed by atoms with E-state index in [1.165, 1.54) is 0 Å². The molecule has 1 amide bonds. The zero-order valence-corrected chi connectivity index (χ0v) is 14.3. The van der Waals surface area contributed by atoms with Gasteiger partial charge in [-0.1, -0.05) is 0 Å². The van der Waals surface area contributed by atoms with Crippen LogP contribution in [-0.4, -0.2) is 62.9 Å². The van der Waals surface area contributed by atoms with Gasteiger partial charge in [-0.2, -0.15) is 0 Å². The molecule has 1 N–H and O–H groups in total. The highest BCUT2D eigenvalue weighted by Gasteiger charge is 2.37. The topological polar surface area (TPSA) is 60.0 Å². The van der Waals surface area contributed by atoms with Crippen LogP contribution in [0.3, 0.4) is 0 Å². The van der Waals surface area contributed by atoms with E-state index in [2.05, 4.69) is 5.32 Å². The van der Waals surface area contributed by atoms with Crippen LogP contribution < -0.4 is 14.8 Å². The summed E-state index contributed by atoms with van der Waals surface area (Å²) in [7, 11) is 1.63. The van der Waals surface area contributed by atoms with E-state index in [1.54, 1.807) is 7.11 Å². The van der Waals surface area contributed by atoms with Crippen molar-refractivity contribution in [3.63, 3.8) is 0 Å². The largest absolute Gasteiger partial charge is 0.497 e. The first kappa shape index (κ1) is 17.0. The zero-order valence-electron chi connectivity index (χ0n) is 14.3. The van der Waals surface area contributed by atoms with Gasteiger partial charge < -0.3 is 24.4 Å². The first-order valence-corrected chi connectivity index (χ1v) is 8.60. The summed E-state index contributed by atoms with van der Waals surface area (Å²) in [5, 5.41) is 3.39. The summed E-state index contributed by atoms with van der Waals surface area (Å²) in [6, 6.07) is 7.39. The van der Waals surface area contributed by atoms with Gasteiger partial charge in [-0.25, -0.2) is 0 Å². The van der Waals surface area contributed by atoms with Crippen molar-refractivity contribution in [1.29, 1.82) is 0 Å². The van der Waals surface area contributed by atoms with Gasteiger partial charge in [0.1, 0.15) is 11.5 Å². The number of carbonyl (C=O) groups excluding carboxylic acids is 1. The molecule has 0 aliphatic carbocycles. The number of methoxy groups -OCH3 is 1. The standard InChI is InChI=1S/C18H26N2O4/c1-22-15-2-4-16(5-3-15)23-12-6-17(21)20-10-7-18(8-11-20)14-19-9-13-24-18/h2-5,19H,6-14H2,1H3. The van der Waals surface area contributed by atoms with E-state index in [1.807, 2.05) is 29.2 Å². The third-order valence-corrected chi connectivity index (χ3v) is 4.81. The van der Waals surface area contributed by atoms with Crippen molar-refractivity contribution in [2.75, 3.05) is 46.5 Å². The van der Waals surface area contributed by atoms with Crippen molar-refractivity contribution in [2.24, 2.45) is 0 Å². The van der Waals surface area contributed by atoms with E-state index in [-0.39, 0.29) is 11.5 Å². The van der Waals surface area contributed by atoms with Gasteiger partial charge in [-0.05, 0) is 37.1 Å². The molecule has 3 rings (SSSR count). The van der Waals surface area contributed by atoms with Gasteiger partial charge in [0.05, 0.1) is 32.3 Å². The molecule has 0 aromatic heterocycles. The van der Waals surface area contributed by atoms with E-state index >= 15 is 0 Å². The van der Waals surface area contributed by atoms with Gasteiger partial charge in [-0.3, -0.25) is 4.79 Å². The molecule has 0 atom stereocenters. The Morgan fingerprint density at radius 2 is 1.96 bits per heavy atom. The molecule has 2 fully saturated rings. The molecule has 1 aromatic carbocycles. The minimum Gasteiger partial charge on any atom is -0.497 e. The number of hydrogen-bond acceptors (Lipinski definition) is 5. The van der Waals surface area contributed by atoms with Gasteiger partial charge in [-0.15, -0.1) is 0 Å². The van der Waals surface area contributed by atoms with E-state index in [0.717, 1.165) is 57.1 Å². The molecule has 0 radical (unpaired) electrons. The molecule has 0 unspecified atom stereocenters. The highest BCUT2D eigenvalue weighted by Crippen LogP contribution is 2.27. The Bertz CT molecular complexity index is 530. The minimum atomic E-state index is -0.0609. The lowest BCUT2D eigenvalue weighted by Gasteiger charge is -2.44. The summed E-state index contributed by atoms with van der Waals surface area (Å²) >= 11 is 0. The smallest absolute Gasteiger partial charge is 0.226 e. The normalized spacial score (nSPS) is 20.0. The summed E-state index contributed by atoms with van der Waals surface area (Å²) in [6.07, 6.45) is 2.22. The molecule has 6 nitrogen and oxygen atoms in total. The van der Waals surface area contributed by atoms with Crippen molar-refractivity contribution < 1.29 is 19.0 Å². The Kier molecular flexibility index (Phi) is 5.58. The Balaban J connectivity index is 1.39. The Labute approximate surface area is 143 Å². The number of rotatable bonds is 5. The maximum atomic E-state index is 12.3. The second-order valence-corrected chi connectivity index (χ2v) is 6.36. The molecule has 6 heteroatoms. The van der Waals surface area contributed by atoms with Crippen molar-refractivity contribution >= 4 is 5.91 Å². The summed E-state index contributed by atoms with van der Waals surface area (Å²) in [5.41, 5.74) is -0.0609. The first-order chi connectivity index (χ1) is 11.7. The lowest BCUT2D eigenvalue weighted by molar-refractivity contribution is -0.141. The van der Waals surface area contributed by atoms with E-state index < -0.39 is 0 Å². The number of likely N-dealkylation sites (tertiary alicyclic amines) is 1. The molecule has 0 saturated carbocycles. The molecular formula is C18H26N2O4. The van der Waals surface area contributed by atoms with Crippen LogP contribution in [0.1, 0.15) is 19.3 Å². The molecule has 2 heterocycles. The molecule has 1 aromatic rings. The summed E-state index contributed by atoms with van der Waals surface area (Å²) < 4.78 is 16.7. The van der Waals surface area contributed by atoms with E-state index in [0.29, 0.717) is 13.0 Å². The molecule has 2 aliphatic heterocycles. The van der Waals surface area contributed by atoms with Crippen LogP contribution in [-0.2, 0) is 9.53 Å². The number of amides is 1. The second kappa shape index (κ2) is 7.85. The summed E-state index contributed by atoms with van der Waals surface area (Å²) in [6.45, 7) is 4.52. The zero-order chi connectivity index (χ0) is 16.8. The van der Waals surface area contributed by atoms with Crippen molar-refractivity contribution in [1.82, 2.24) is 10.2 Å². The van der Waals surface area contributed by atoms with Gasteiger partial charge in [0.2, 0.25) is 5.91 Å². The fourth-order valence-corrected chi connectivity index (χ4v) is 3.28. The average molecular weight is 334 g/mol. The number of morpholine rings is 1. The third-order valence-electron chi connectivity index (χ3n) is 4.81. The average Bonchev–Trinajstić information content (AvgIpc) is 2.63. The minimum absolute atomic E-state index is 0.0609. The van der Waals surface area contributed by atoms with Crippen LogP contribution in [0.15, 0.2) is 24.3 Å². The monoisotopic (exact) mass is 334 g/mol. The number of piperidine rings is 1. The van der Waals surface area contributed by atoms with E-state index in [9.17, 15) is 4.79 Å². The Morgan fingerprint density at radius 1 is 1.25 bits per heavy atom. The second-order valence-electron chi connectivity index (χ2n) is 6.36. The van der Waals surface area contributed by atoms with Crippen LogP contribution >= 0.6 is 0 Å². The molecule has 24 heavy (non-hydrogen) atoms. The van der Waals surface area contributed by atoms with Crippen LogP contribution in [0, 0.1) is 0 Å². The van der Waals surface area contributed by atoms with Gasteiger partial charge in [0.15, 0.2) is 0 Å². The highest BCUT2D eigenvalue weighted by atomic mass is 16.5. The van der Waals surface area contributed by atoms with Crippen LogP contribution in [0.2, 0.25) is 0 Å². The van der Waals surface area contributed by atoms with Crippen LogP contribution in [0.5, 0.6) is 11.5 Å². The van der Waals surface area contributed by atoms with Crippen molar-refractivity contribution in [3.05, 3.63) is 24.3 Å². The lowest BCUT2D eigenvalue weighted by atomic mass is 9.90. The van der Waals surface area contributed by atoms with Gasteiger partial charge >= 0.3 is 0 Å². The fraction of sp³-hybridized carbons (Fsp3) is 0.611. The highest BCUT2D eigenvalue weighted by molar-refractivity contribution is 5.76. The number of carbonyl (C=O) groups is 1. The molecule has 2 saturated heterocycles. The number of nitrogens with one attached hydrogen (secondary N) is 1. The fourth-order valence-electron chi connectivity index (χ4n) is 3.28. The Morgan fingerprint density at radius 3 is 2.58 bits per heavy atom. The summed E-state index contributed by atoms with van der Waals surface area (Å²) in [4.78, 5) is 14.3. The number of benzene rings is 1. The Hall–Kier alpha value is -1.79. The molecule has 0 bridgehead atoms. The summed E-state index contributed by atoms with van der Waals surface area (Å²) in [5.74, 6) is 1.70. The maximum absolute atomic E-state index is 12.3. The predicted molar refractivity (Wildman–Crippen MR) is 90.5 cm³/mol. The number of nitrogens with zero attached hydrogens (tertiary/aromatic N) is 1. The number of ether oxygens (including phenoxy) is 3. The molecule has 132 valence electrons. The van der Waals surface area contributed by atoms with E-state index in [4.69, 9.17) is 14.2 Å². The predicted octanol–water partition coefficient (Wildman–Crippen LogP) is 1.45. The lowest BCUT2D eigenvalue weighted by Crippen LogP contribution is -2.56. The van der Waals surface area contributed by atoms with Gasteiger partial charge in [0, 0.05) is 26.2 Å². The van der Waals surface area contributed by atoms with Crippen LogP contribution in [0.4, 0.5) is 0 Å². The third kappa shape index (κ3) is 4.19. The first-order valence-electron chi connectivity index (χ1n) is 8.60. The maximum Gasteiger partial charge on any atom is 0.226 e. The number of hydrogen-bond donors (Lipinski definition) is 1. The molecular weight excluding hydrogens is 308 g/mol. The molecule has 1 spiro atoms. The molecule has 2 aliphatic rings. The van der Waals surface area contributed by atoms with Gasteiger partial charge in [0.25, 0.3) is 0 Å². The SMILES string of the molecule is COc1ccc(OCCC(=O)N2CCC3(CC2)CNCCO3)cc1. The van der Waals surface area contributed by atoms with Crippen LogP contribution in [0.25, 0.3) is 0 Å². The van der Waals surface area contributed by atoms with Crippen molar-refractivity contribution in [3.8, 4) is 11.5 Å². The van der Waals surface area contributed by atoms with Crippen molar-refractivity contribution in [2.45, 2.75) is 24.9 Å². The quantitative estimate of drug-likeness (QED) is 0.883.